The number of hydrogen-bond acceptors (Lipinski definition) is 7. The number of nitrogens with zero attached hydrogens (tertiary/aromatic N) is 1. The lowest BCUT2D eigenvalue weighted by Gasteiger charge is -2.33. The lowest BCUT2D eigenvalue weighted by Crippen LogP contribution is -2.54. The minimum Gasteiger partial charge on any atom is -0.508 e. The summed E-state index contributed by atoms with van der Waals surface area (Å²) < 4.78 is 5.19. The molecule has 0 aromatic heterocycles. The number of phenols is 1. The summed E-state index contributed by atoms with van der Waals surface area (Å²) in [7, 11) is 0. The van der Waals surface area contributed by atoms with Gasteiger partial charge in [0.05, 0.1) is 13.2 Å². The maximum absolute atomic E-state index is 13.7. The Labute approximate surface area is 220 Å². The lowest BCUT2D eigenvalue weighted by atomic mass is 10.0. The first-order valence-electron chi connectivity index (χ1n) is 12.1. The van der Waals surface area contributed by atoms with Gasteiger partial charge in [-0.05, 0) is 61.4 Å². The van der Waals surface area contributed by atoms with E-state index in [4.69, 9.17) is 4.74 Å². The van der Waals surface area contributed by atoms with E-state index in [1.54, 1.807) is 32.9 Å². The molecule has 0 heterocycles. The average molecular weight is 524 g/mol. The largest absolute Gasteiger partial charge is 0.508 e. The number of hydrogen-bond donors (Lipinski definition) is 5. The number of carbonyl (C=O) groups is 3. The molecule has 5 N–H and O–H groups in total. The Hall–Kier alpha value is -4.15. The molecule has 2 atom stereocenters. The second-order valence-corrected chi connectivity index (χ2v) is 9.68. The molecule has 202 valence electrons. The van der Waals surface area contributed by atoms with Gasteiger partial charge in [-0.25, -0.2) is 4.79 Å². The minimum absolute atomic E-state index is 0.0395. The summed E-state index contributed by atoms with van der Waals surface area (Å²) in [6, 6.07) is 16.0. The number of ether oxygens (including phenoxy) is 1. The van der Waals surface area contributed by atoms with Crippen LogP contribution < -0.4 is 10.6 Å². The number of fused-ring (bicyclic) bond motifs is 1. The Morgan fingerprint density at radius 3 is 2.21 bits per heavy atom. The number of alkyl carbamates (subject to hydrolysis) is 1. The van der Waals surface area contributed by atoms with Crippen molar-refractivity contribution in [3.05, 3.63) is 72.3 Å². The fourth-order valence-corrected chi connectivity index (χ4v) is 3.92. The number of amides is 3. The van der Waals surface area contributed by atoms with Gasteiger partial charge in [0.1, 0.15) is 23.4 Å². The SMILES string of the molecule is CC(C)(C)OC(=O)NC(CO)C(=O)N(CCO)C(C(=O)Nc1ccc2ccccc2c1)c1ccc(O)cc1. The second-order valence-electron chi connectivity index (χ2n) is 9.68. The number of benzene rings is 3. The molecular weight excluding hydrogens is 490 g/mol. The van der Waals surface area contributed by atoms with Crippen molar-refractivity contribution in [2.24, 2.45) is 0 Å². The molecule has 3 aromatic rings. The van der Waals surface area contributed by atoms with E-state index < -0.39 is 48.8 Å². The molecule has 10 nitrogen and oxygen atoms in total. The number of aromatic hydroxyl groups is 1. The van der Waals surface area contributed by atoms with Crippen LogP contribution in [0.4, 0.5) is 10.5 Å². The molecule has 0 spiro atoms. The summed E-state index contributed by atoms with van der Waals surface area (Å²) in [6.07, 6.45) is -0.921. The zero-order valence-corrected chi connectivity index (χ0v) is 21.5. The van der Waals surface area contributed by atoms with Gasteiger partial charge in [0.2, 0.25) is 5.91 Å². The molecule has 3 rings (SSSR count). The highest BCUT2D eigenvalue weighted by Crippen LogP contribution is 2.27. The number of aliphatic hydroxyl groups excluding tert-OH is 2. The molecule has 0 aliphatic rings. The lowest BCUT2D eigenvalue weighted by molar-refractivity contribution is -0.142. The number of rotatable bonds is 9. The Kier molecular flexibility index (Phi) is 9.27. The highest BCUT2D eigenvalue weighted by molar-refractivity contribution is 6.00. The molecule has 0 aliphatic heterocycles. The van der Waals surface area contributed by atoms with E-state index in [9.17, 15) is 29.7 Å². The molecule has 0 radical (unpaired) electrons. The van der Waals surface area contributed by atoms with Gasteiger partial charge < -0.3 is 35.6 Å². The van der Waals surface area contributed by atoms with Gasteiger partial charge in [0.25, 0.3) is 5.91 Å². The zero-order valence-electron chi connectivity index (χ0n) is 21.5. The van der Waals surface area contributed by atoms with Crippen molar-refractivity contribution in [3.63, 3.8) is 0 Å². The zero-order chi connectivity index (χ0) is 27.9. The third-order valence-corrected chi connectivity index (χ3v) is 5.58. The molecule has 2 unspecified atom stereocenters. The first-order valence-corrected chi connectivity index (χ1v) is 12.1. The van der Waals surface area contributed by atoms with Gasteiger partial charge >= 0.3 is 6.09 Å². The summed E-state index contributed by atoms with van der Waals surface area (Å²) in [5, 5.41) is 36.5. The molecule has 0 aliphatic carbocycles. The van der Waals surface area contributed by atoms with E-state index in [-0.39, 0.29) is 12.3 Å². The van der Waals surface area contributed by atoms with Crippen LogP contribution in [0.3, 0.4) is 0 Å². The summed E-state index contributed by atoms with van der Waals surface area (Å²) in [6.45, 7) is 3.42. The van der Waals surface area contributed by atoms with Crippen LogP contribution in [-0.2, 0) is 14.3 Å². The van der Waals surface area contributed by atoms with Crippen LogP contribution in [0.1, 0.15) is 32.4 Å². The third kappa shape index (κ3) is 7.44. The predicted octanol–water partition coefficient (Wildman–Crippen LogP) is 2.93. The number of phenolic OH excluding ortho intramolecular Hbond substituents is 1. The monoisotopic (exact) mass is 523 g/mol. The molecule has 0 bridgehead atoms. The Morgan fingerprint density at radius 2 is 1.61 bits per heavy atom. The predicted molar refractivity (Wildman–Crippen MR) is 142 cm³/mol. The Morgan fingerprint density at radius 1 is 0.947 bits per heavy atom. The van der Waals surface area contributed by atoms with Crippen LogP contribution in [0.2, 0.25) is 0 Å². The second kappa shape index (κ2) is 12.4. The molecule has 38 heavy (non-hydrogen) atoms. The van der Waals surface area contributed by atoms with E-state index in [0.717, 1.165) is 15.7 Å². The van der Waals surface area contributed by atoms with Gasteiger partial charge in [-0.3, -0.25) is 9.59 Å². The molecule has 0 saturated carbocycles. The van der Waals surface area contributed by atoms with Crippen LogP contribution in [0.5, 0.6) is 5.75 Å². The van der Waals surface area contributed by atoms with Crippen LogP contribution in [0.25, 0.3) is 10.8 Å². The highest BCUT2D eigenvalue weighted by atomic mass is 16.6. The van der Waals surface area contributed by atoms with Gasteiger partial charge in [0, 0.05) is 12.2 Å². The van der Waals surface area contributed by atoms with Crippen LogP contribution >= 0.6 is 0 Å². The highest BCUT2D eigenvalue weighted by Gasteiger charge is 2.36. The van der Waals surface area contributed by atoms with Crippen molar-refractivity contribution in [2.45, 2.75) is 38.5 Å². The molecule has 0 saturated heterocycles. The number of aliphatic hydroxyl groups is 2. The van der Waals surface area contributed by atoms with E-state index in [1.165, 1.54) is 24.3 Å². The Bertz CT molecular complexity index is 1270. The van der Waals surface area contributed by atoms with Crippen molar-refractivity contribution < 1.29 is 34.4 Å². The fraction of sp³-hybridized carbons (Fsp3) is 0.321. The maximum atomic E-state index is 13.7. The van der Waals surface area contributed by atoms with Crippen molar-refractivity contribution in [1.29, 1.82) is 0 Å². The molecule has 0 fully saturated rings. The van der Waals surface area contributed by atoms with Gasteiger partial charge in [-0.15, -0.1) is 0 Å². The normalized spacial score (nSPS) is 12.9. The smallest absolute Gasteiger partial charge is 0.408 e. The number of carbonyl (C=O) groups excluding carboxylic acids is 3. The first kappa shape index (κ1) is 28.4. The summed E-state index contributed by atoms with van der Waals surface area (Å²) in [5.41, 5.74) is -0.0111. The summed E-state index contributed by atoms with van der Waals surface area (Å²) in [5.74, 6) is -1.44. The van der Waals surface area contributed by atoms with Crippen molar-refractivity contribution in [1.82, 2.24) is 10.2 Å². The Balaban J connectivity index is 1.95. The molecular formula is C28H33N3O7. The third-order valence-electron chi connectivity index (χ3n) is 5.58. The maximum Gasteiger partial charge on any atom is 0.408 e. The summed E-state index contributed by atoms with van der Waals surface area (Å²) in [4.78, 5) is 40.6. The quantitative estimate of drug-likeness (QED) is 0.290. The van der Waals surface area contributed by atoms with Gasteiger partial charge in [0.15, 0.2) is 0 Å². The van der Waals surface area contributed by atoms with E-state index >= 15 is 0 Å². The van der Waals surface area contributed by atoms with Gasteiger partial charge in [-0.2, -0.15) is 0 Å². The number of anilines is 1. The summed E-state index contributed by atoms with van der Waals surface area (Å²) >= 11 is 0. The topological polar surface area (TPSA) is 148 Å². The van der Waals surface area contributed by atoms with Crippen molar-refractivity contribution in [2.75, 3.05) is 25.1 Å². The van der Waals surface area contributed by atoms with E-state index in [2.05, 4.69) is 10.6 Å². The molecule has 10 heteroatoms. The van der Waals surface area contributed by atoms with E-state index in [1.807, 2.05) is 30.3 Å². The average Bonchev–Trinajstić information content (AvgIpc) is 2.86. The van der Waals surface area contributed by atoms with Crippen molar-refractivity contribution in [3.8, 4) is 5.75 Å². The first-order chi connectivity index (χ1) is 18.0. The van der Waals surface area contributed by atoms with E-state index in [0.29, 0.717) is 11.3 Å². The molecule has 3 aromatic carbocycles. The van der Waals surface area contributed by atoms with Crippen LogP contribution in [0.15, 0.2) is 66.7 Å². The fourth-order valence-electron chi connectivity index (χ4n) is 3.92. The van der Waals surface area contributed by atoms with Crippen LogP contribution in [-0.4, -0.2) is 69.5 Å². The van der Waals surface area contributed by atoms with Crippen molar-refractivity contribution >= 4 is 34.4 Å². The standard InChI is InChI=1S/C28H33N3O7/c1-28(2,3)38-27(37)30-23(17-33)26(36)31(14-15-32)24(19-9-12-22(34)13-10-19)25(35)29-21-11-8-18-6-4-5-7-20(18)16-21/h4-13,16,23-24,32-34H,14-15,17H2,1-3H3,(H,29,35)(H,30,37). The van der Waals surface area contributed by atoms with Crippen LogP contribution in [0, 0.1) is 0 Å². The molecule has 3 amide bonds. The van der Waals surface area contributed by atoms with Gasteiger partial charge in [-0.1, -0.05) is 42.5 Å². The number of nitrogens with one attached hydrogen (secondary N) is 2. The minimum atomic E-state index is -1.44.